The standard InChI is InChI=1S/C20H17FN4/c1-14-3-2-4-16(9-14)20(21)6-8-25(13-20)19-15(10-22)11-24-18-12-23-7-5-17(18)19/h2-5,7,9,11-12H,6,8,13H2,1H3. The minimum absolute atomic E-state index is 0.229. The van der Waals surface area contributed by atoms with E-state index >= 15 is 4.39 Å². The van der Waals surface area contributed by atoms with E-state index in [4.69, 9.17) is 0 Å². The topological polar surface area (TPSA) is 52.8 Å². The van der Waals surface area contributed by atoms with Gasteiger partial charge in [0.05, 0.1) is 29.5 Å². The molecule has 5 heteroatoms. The number of fused-ring (bicyclic) bond motifs is 1. The summed E-state index contributed by atoms with van der Waals surface area (Å²) in [7, 11) is 0. The Balaban J connectivity index is 1.78. The van der Waals surface area contributed by atoms with Gasteiger partial charge in [-0.25, -0.2) is 4.39 Å². The van der Waals surface area contributed by atoms with Crippen LogP contribution in [0.2, 0.25) is 0 Å². The lowest BCUT2D eigenvalue weighted by molar-refractivity contribution is 0.196. The predicted molar refractivity (Wildman–Crippen MR) is 95.0 cm³/mol. The van der Waals surface area contributed by atoms with Gasteiger partial charge in [-0.15, -0.1) is 0 Å². The van der Waals surface area contributed by atoms with Crippen molar-refractivity contribution in [1.29, 1.82) is 5.26 Å². The van der Waals surface area contributed by atoms with Crippen molar-refractivity contribution in [2.24, 2.45) is 0 Å². The van der Waals surface area contributed by atoms with E-state index in [9.17, 15) is 5.26 Å². The third-order valence-electron chi connectivity index (χ3n) is 4.83. The van der Waals surface area contributed by atoms with Crippen molar-refractivity contribution in [3.05, 3.63) is 65.6 Å². The number of halogens is 1. The fourth-order valence-electron chi connectivity index (χ4n) is 3.58. The van der Waals surface area contributed by atoms with Crippen LogP contribution < -0.4 is 4.90 Å². The average molecular weight is 332 g/mol. The number of alkyl halides is 1. The molecule has 3 heterocycles. The van der Waals surface area contributed by atoms with Crippen molar-refractivity contribution >= 4 is 16.6 Å². The van der Waals surface area contributed by atoms with Crippen LogP contribution in [0.1, 0.15) is 23.1 Å². The van der Waals surface area contributed by atoms with Gasteiger partial charge >= 0.3 is 0 Å². The number of hydrogen-bond acceptors (Lipinski definition) is 4. The van der Waals surface area contributed by atoms with Gasteiger partial charge in [-0.1, -0.05) is 29.8 Å². The molecule has 0 aliphatic carbocycles. The molecule has 0 amide bonds. The lowest BCUT2D eigenvalue weighted by Gasteiger charge is -2.24. The molecule has 25 heavy (non-hydrogen) atoms. The summed E-state index contributed by atoms with van der Waals surface area (Å²) in [6, 6.07) is 11.6. The second-order valence-corrected chi connectivity index (χ2v) is 6.53. The lowest BCUT2D eigenvalue weighted by Crippen LogP contribution is -2.27. The number of aryl methyl sites for hydroxylation is 1. The molecular weight excluding hydrogens is 315 g/mol. The third kappa shape index (κ3) is 2.60. The summed E-state index contributed by atoms with van der Waals surface area (Å²) in [6.45, 7) is 2.75. The third-order valence-corrected chi connectivity index (χ3v) is 4.83. The SMILES string of the molecule is Cc1cccc(C2(F)CCN(c3c(C#N)cnc4cnccc34)C2)c1. The molecule has 1 aliphatic rings. The minimum Gasteiger partial charge on any atom is -0.366 e. The van der Waals surface area contributed by atoms with Crippen LogP contribution in [-0.2, 0) is 5.67 Å². The molecule has 1 unspecified atom stereocenters. The molecule has 2 aromatic heterocycles. The number of rotatable bonds is 2. The van der Waals surface area contributed by atoms with Crippen LogP contribution in [-0.4, -0.2) is 23.1 Å². The molecule has 1 fully saturated rings. The molecule has 4 nitrogen and oxygen atoms in total. The van der Waals surface area contributed by atoms with Gasteiger partial charge < -0.3 is 4.90 Å². The second kappa shape index (κ2) is 5.82. The van der Waals surface area contributed by atoms with Gasteiger partial charge in [0, 0.05) is 30.7 Å². The first-order chi connectivity index (χ1) is 12.1. The molecule has 3 aromatic rings. The zero-order valence-corrected chi connectivity index (χ0v) is 13.9. The monoisotopic (exact) mass is 332 g/mol. The Morgan fingerprint density at radius 1 is 1.28 bits per heavy atom. The molecule has 4 rings (SSSR count). The summed E-state index contributed by atoms with van der Waals surface area (Å²) in [5.41, 5.74) is 2.26. The van der Waals surface area contributed by atoms with Crippen molar-refractivity contribution in [2.75, 3.05) is 18.0 Å². The number of nitrogens with zero attached hydrogens (tertiary/aromatic N) is 4. The number of benzene rings is 1. The van der Waals surface area contributed by atoms with E-state index < -0.39 is 5.67 Å². The van der Waals surface area contributed by atoms with Crippen molar-refractivity contribution in [2.45, 2.75) is 19.0 Å². The highest BCUT2D eigenvalue weighted by atomic mass is 19.1. The van der Waals surface area contributed by atoms with Crippen LogP contribution in [0.15, 0.2) is 48.9 Å². The van der Waals surface area contributed by atoms with E-state index in [1.54, 1.807) is 18.6 Å². The fraction of sp³-hybridized carbons (Fsp3) is 0.250. The Morgan fingerprint density at radius 3 is 2.96 bits per heavy atom. The van der Waals surface area contributed by atoms with Crippen LogP contribution >= 0.6 is 0 Å². The van der Waals surface area contributed by atoms with E-state index in [-0.39, 0.29) is 6.54 Å². The molecule has 1 aliphatic heterocycles. The summed E-state index contributed by atoms with van der Waals surface area (Å²) in [5, 5.41) is 10.3. The summed E-state index contributed by atoms with van der Waals surface area (Å²) in [4.78, 5) is 10.3. The highest BCUT2D eigenvalue weighted by Crippen LogP contribution is 2.41. The highest BCUT2D eigenvalue weighted by molar-refractivity contribution is 5.94. The van der Waals surface area contributed by atoms with Gasteiger partial charge in [-0.3, -0.25) is 9.97 Å². The van der Waals surface area contributed by atoms with Gasteiger partial charge in [0.2, 0.25) is 0 Å². The molecule has 0 bridgehead atoms. The van der Waals surface area contributed by atoms with E-state index in [2.05, 4.69) is 16.0 Å². The summed E-state index contributed by atoms with van der Waals surface area (Å²) in [5.74, 6) is 0. The smallest absolute Gasteiger partial charge is 0.155 e. The molecule has 1 saturated heterocycles. The highest BCUT2D eigenvalue weighted by Gasteiger charge is 2.41. The van der Waals surface area contributed by atoms with Gasteiger partial charge in [-0.2, -0.15) is 5.26 Å². The van der Waals surface area contributed by atoms with Gasteiger partial charge in [-0.05, 0) is 18.6 Å². The van der Waals surface area contributed by atoms with E-state index in [1.807, 2.05) is 42.2 Å². The zero-order valence-electron chi connectivity index (χ0n) is 13.9. The summed E-state index contributed by atoms with van der Waals surface area (Å²) >= 11 is 0. The summed E-state index contributed by atoms with van der Waals surface area (Å²) in [6.07, 6.45) is 5.29. The van der Waals surface area contributed by atoms with E-state index in [0.717, 1.165) is 16.6 Å². The van der Waals surface area contributed by atoms with Crippen LogP contribution in [0, 0.1) is 18.3 Å². The van der Waals surface area contributed by atoms with Crippen molar-refractivity contribution < 1.29 is 4.39 Å². The number of pyridine rings is 2. The number of hydrogen-bond donors (Lipinski definition) is 0. The second-order valence-electron chi connectivity index (χ2n) is 6.53. The van der Waals surface area contributed by atoms with Gasteiger partial charge in [0.1, 0.15) is 6.07 Å². The fourth-order valence-corrected chi connectivity index (χ4v) is 3.58. The molecule has 0 spiro atoms. The molecule has 0 radical (unpaired) electrons. The number of nitriles is 1. The van der Waals surface area contributed by atoms with Crippen molar-refractivity contribution in [1.82, 2.24) is 9.97 Å². The lowest BCUT2D eigenvalue weighted by atomic mass is 9.94. The van der Waals surface area contributed by atoms with Gasteiger partial charge in [0.25, 0.3) is 0 Å². The Labute approximate surface area is 145 Å². The predicted octanol–water partition coefficient (Wildman–Crippen LogP) is 3.89. The Morgan fingerprint density at radius 2 is 2.16 bits per heavy atom. The molecule has 0 saturated carbocycles. The maximum absolute atomic E-state index is 15.6. The normalized spacial score (nSPS) is 20.0. The minimum atomic E-state index is -1.42. The first-order valence-corrected chi connectivity index (χ1v) is 8.24. The first kappa shape index (κ1) is 15.5. The first-order valence-electron chi connectivity index (χ1n) is 8.24. The largest absolute Gasteiger partial charge is 0.366 e. The quantitative estimate of drug-likeness (QED) is 0.714. The zero-order chi connectivity index (χ0) is 17.4. The molecule has 1 aromatic carbocycles. The van der Waals surface area contributed by atoms with E-state index in [1.165, 1.54) is 0 Å². The Bertz CT molecular complexity index is 994. The maximum Gasteiger partial charge on any atom is 0.155 e. The van der Waals surface area contributed by atoms with Crippen LogP contribution in [0.4, 0.5) is 10.1 Å². The van der Waals surface area contributed by atoms with Crippen LogP contribution in [0.5, 0.6) is 0 Å². The van der Waals surface area contributed by atoms with E-state index in [0.29, 0.717) is 29.6 Å². The Kier molecular flexibility index (Phi) is 3.61. The van der Waals surface area contributed by atoms with Crippen LogP contribution in [0.3, 0.4) is 0 Å². The molecular formula is C20H17FN4. The Hall–Kier alpha value is -3.00. The molecule has 1 atom stereocenters. The van der Waals surface area contributed by atoms with Gasteiger partial charge in [0.15, 0.2) is 5.67 Å². The number of anilines is 1. The molecule has 124 valence electrons. The maximum atomic E-state index is 15.6. The molecule has 0 N–H and O–H groups in total. The summed E-state index contributed by atoms with van der Waals surface area (Å²) < 4.78 is 15.6. The average Bonchev–Trinajstić information content (AvgIpc) is 3.04. The van der Waals surface area contributed by atoms with Crippen molar-refractivity contribution in [3.63, 3.8) is 0 Å². The van der Waals surface area contributed by atoms with Crippen LogP contribution in [0.25, 0.3) is 10.9 Å². The number of aromatic nitrogens is 2. The van der Waals surface area contributed by atoms with Crippen molar-refractivity contribution in [3.8, 4) is 6.07 Å².